The van der Waals surface area contributed by atoms with Crippen LogP contribution in [0.1, 0.15) is 81.9 Å². The van der Waals surface area contributed by atoms with Gasteiger partial charge in [0.15, 0.2) is 0 Å². The highest BCUT2D eigenvalue weighted by atomic mass is 19.1. The number of urea groups is 1. The van der Waals surface area contributed by atoms with E-state index in [9.17, 15) is 18.8 Å². The molecule has 3 amide bonds. The van der Waals surface area contributed by atoms with E-state index < -0.39 is 23.1 Å². The van der Waals surface area contributed by atoms with Gasteiger partial charge >= 0.3 is 6.03 Å². The number of benzene rings is 1. The fourth-order valence-corrected chi connectivity index (χ4v) is 5.05. The number of ketones is 1. The van der Waals surface area contributed by atoms with Gasteiger partial charge in [-0.15, -0.1) is 10.2 Å². The van der Waals surface area contributed by atoms with Crippen molar-refractivity contribution in [1.29, 1.82) is 0 Å². The number of Topliss-reactive ketones (excluding diaryl/α,β-unsaturated/α-hetero) is 1. The van der Waals surface area contributed by atoms with Crippen molar-refractivity contribution in [3.63, 3.8) is 0 Å². The molecule has 2 heterocycles. The monoisotopic (exact) mass is 499 g/mol. The van der Waals surface area contributed by atoms with Gasteiger partial charge in [0.1, 0.15) is 12.4 Å². The van der Waals surface area contributed by atoms with E-state index in [1.165, 1.54) is 17.0 Å². The van der Waals surface area contributed by atoms with Crippen LogP contribution in [0.15, 0.2) is 28.7 Å². The van der Waals surface area contributed by atoms with Gasteiger partial charge in [0.05, 0.1) is 17.0 Å². The average Bonchev–Trinajstić information content (AvgIpc) is 3.43. The zero-order valence-corrected chi connectivity index (χ0v) is 21.3. The summed E-state index contributed by atoms with van der Waals surface area (Å²) in [5.41, 5.74) is -0.256. The number of halogens is 1. The molecule has 0 radical (unpaired) electrons. The molecule has 1 atom stereocenters. The molecule has 36 heavy (non-hydrogen) atoms. The maximum absolute atomic E-state index is 13.3. The predicted octanol–water partition coefficient (Wildman–Crippen LogP) is 3.59. The molecule has 1 aliphatic heterocycles. The van der Waals surface area contributed by atoms with E-state index in [0.29, 0.717) is 6.54 Å². The Morgan fingerprint density at radius 3 is 2.47 bits per heavy atom. The topological polar surface area (TPSA) is 117 Å². The molecule has 0 bridgehead atoms. The third-order valence-electron chi connectivity index (χ3n) is 7.30. The highest BCUT2D eigenvalue weighted by Gasteiger charge is 2.43. The number of nitrogens with zero attached hydrogens (tertiary/aromatic N) is 3. The second-order valence-corrected chi connectivity index (χ2v) is 10.8. The fourth-order valence-electron chi connectivity index (χ4n) is 5.05. The van der Waals surface area contributed by atoms with Crippen LogP contribution in [-0.2, 0) is 10.2 Å². The van der Waals surface area contributed by atoms with Crippen molar-refractivity contribution in [2.24, 2.45) is 5.92 Å². The molecule has 2 N–H and O–H groups in total. The van der Waals surface area contributed by atoms with Gasteiger partial charge in [0, 0.05) is 6.54 Å². The smallest absolute Gasteiger partial charge is 0.318 e. The quantitative estimate of drug-likeness (QED) is 0.536. The Morgan fingerprint density at radius 1 is 1.17 bits per heavy atom. The van der Waals surface area contributed by atoms with Crippen molar-refractivity contribution in [2.75, 3.05) is 13.1 Å². The van der Waals surface area contributed by atoms with E-state index in [1.807, 2.05) is 27.7 Å². The molecule has 2 aliphatic rings. The standard InChI is InChI=1S/C26H34FN5O4/c1-16(2)20(28-19(33)14-32-15-26(29-24(32)35)12-6-5-7-13-26)21(34)22-30-31-23(36-22)25(3,4)17-8-10-18(27)11-9-17/h8-11,16,20H,5-7,12-15H2,1-4H3,(H,28,33)(H,29,35). The molecular formula is C26H34FN5O4. The Balaban J connectivity index is 1.43. The van der Waals surface area contributed by atoms with Gasteiger partial charge in [-0.25, -0.2) is 9.18 Å². The van der Waals surface area contributed by atoms with Gasteiger partial charge < -0.3 is 20.0 Å². The van der Waals surface area contributed by atoms with Crippen LogP contribution in [0, 0.1) is 11.7 Å². The number of carbonyl (C=O) groups is 3. The van der Waals surface area contributed by atoms with Crippen LogP contribution in [0.5, 0.6) is 0 Å². The number of aromatic nitrogens is 2. The van der Waals surface area contributed by atoms with Crippen molar-refractivity contribution in [3.05, 3.63) is 47.4 Å². The van der Waals surface area contributed by atoms with Crippen LogP contribution in [0.4, 0.5) is 9.18 Å². The van der Waals surface area contributed by atoms with Crippen LogP contribution in [0.2, 0.25) is 0 Å². The first kappa shape index (κ1) is 25.8. The van der Waals surface area contributed by atoms with Crippen molar-refractivity contribution in [1.82, 2.24) is 25.7 Å². The molecule has 1 aromatic carbocycles. The van der Waals surface area contributed by atoms with Gasteiger partial charge in [-0.05, 0) is 50.3 Å². The van der Waals surface area contributed by atoms with Crippen LogP contribution in [-0.4, -0.2) is 57.5 Å². The number of hydrogen-bond acceptors (Lipinski definition) is 6. The predicted molar refractivity (Wildman–Crippen MR) is 130 cm³/mol. The molecule has 9 nitrogen and oxygen atoms in total. The normalized spacial score (nSPS) is 18.4. The Hall–Kier alpha value is -3.30. The summed E-state index contributed by atoms with van der Waals surface area (Å²) in [6.45, 7) is 7.65. The van der Waals surface area contributed by atoms with E-state index >= 15 is 0 Å². The van der Waals surface area contributed by atoms with Crippen LogP contribution < -0.4 is 10.6 Å². The van der Waals surface area contributed by atoms with E-state index in [-0.39, 0.29) is 41.6 Å². The molecule has 1 spiro atoms. The highest BCUT2D eigenvalue weighted by molar-refractivity contribution is 5.99. The summed E-state index contributed by atoms with van der Waals surface area (Å²) in [6.07, 6.45) is 5.12. The number of nitrogens with one attached hydrogen (secondary N) is 2. The first-order valence-electron chi connectivity index (χ1n) is 12.5. The zero-order valence-electron chi connectivity index (χ0n) is 21.3. The highest BCUT2D eigenvalue weighted by Crippen LogP contribution is 2.33. The van der Waals surface area contributed by atoms with Crippen molar-refractivity contribution in [3.8, 4) is 0 Å². The summed E-state index contributed by atoms with van der Waals surface area (Å²) in [7, 11) is 0. The third-order valence-corrected chi connectivity index (χ3v) is 7.30. The molecule has 1 unspecified atom stereocenters. The lowest BCUT2D eigenvalue weighted by molar-refractivity contribution is -0.122. The largest absolute Gasteiger partial charge is 0.417 e. The second-order valence-electron chi connectivity index (χ2n) is 10.8. The summed E-state index contributed by atoms with van der Waals surface area (Å²) in [4.78, 5) is 40.1. The molecule has 194 valence electrons. The molecule has 1 saturated heterocycles. The molecule has 2 fully saturated rings. The average molecular weight is 500 g/mol. The number of carbonyl (C=O) groups excluding carboxylic acids is 3. The molecule has 1 aliphatic carbocycles. The van der Waals surface area contributed by atoms with Gasteiger partial charge in [-0.3, -0.25) is 9.59 Å². The summed E-state index contributed by atoms with van der Waals surface area (Å²) in [5.74, 6) is -1.53. The lowest BCUT2D eigenvalue weighted by Crippen LogP contribution is -2.48. The Morgan fingerprint density at radius 2 is 1.83 bits per heavy atom. The number of hydrogen-bond donors (Lipinski definition) is 2. The first-order chi connectivity index (χ1) is 17.0. The number of rotatable bonds is 8. The fraction of sp³-hybridized carbons (Fsp3) is 0.577. The Labute approximate surface area is 210 Å². The van der Waals surface area contributed by atoms with Gasteiger partial charge in [-0.1, -0.05) is 45.2 Å². The summed E-state index contributed by atoms with van der Waals surface area (Å²) < 4.78 is 19.1. The van der Waals surface area contributed by atoms with E-state index in [4.69, 9.17) is 4.42 Å². The first-order valence-corrected chi connectivity index (χ1v) is 12.5. The SMILES string of the molecule is CC(C)C(NC(=O)CN1CC2(CCCCC2)NC1=O)C(=O)c1nnc(C(C)(C)c2ccc(F)cc2)o1. The minimum atomic E-state index is -0.894. The Bertz CT molecular complexity index is 1120. The third kappa shape index (κ3) is 5.27. The van der Waals surface area contributed by atoms with Gasteiger partial charge in [0.2, 0.25) is 17.6 Å². The number of amides is 3. The van der Waals surface area contributed by atoms with E-state index in [2.05, 4.69) is 20.8 Å². The summed E-state index contributed by atoms with van der Waals surface area (Å²) in [5, 5.41) is 13.8. The minimum Gasteiger partial charge on any atom is -0.417 e. The molecule has 4 rings (SSSR count). The van der Waals surface area contributed by atoms with Crippen LogP contribution >= 0.6 is 0 Å². The van der Waals surface area contributed by atoms with Crippen molar-refractivity contribution in [2.45, 2.75) is 76.8 Å². The molecule has 10 heteroatoms. The minimum absolute atomic E-state index is 0.128. The molecular weight excluding hydrogens is 465 g/mol. The lowest BCUT2D eigenvalue weighted by Gasteiger charge is -2.32. The van der Waals surface area contributed by atoms with Crippen molar-refractivity contribution < 1.29 is 23.2 Å². The van der Waals surface area contributed by atoms with Crippen molar-refractivity contribution >= 4 is 17.7 Å². The van der Waals surface area contributed by atoms with Crippen LogP contribution in [0.25, 0.3) is 0 Å². The second kappa shape index (κ2) is 9.99. The van der Waals surface area contributed by atoms with Crippen LogP contribution in [0.3, 0.4) is 0 Å². The maximum atomic E-state index is 13.3. The molecule has 2 aromatic rings. The van der Waals surface area contributed by atoms with Gasteiger partial charge in [-0.2, -0.15) is 0 Å². The zero-order chi connectivity index (χ0) is 26.1. The lowest BCUT2D eigenvalue weighted by atomic mass is 9.82. The maximum Gasteiger partial charge on any atom is 0.318 e. The summed E-state index contributed by atoms with van der Waals surface area (Å²) >= 11 is 0. The van der Waals surface area contributed by atoms with Gasteiger partial charge in [0.25, 0.3) is 5.89 Å². The Kier molecular flexibility index (Phi) is 7.15. The molecule has 1 aromatic heterocycles. The summed E-state index contributed by atoms with van der Waals surface area (Å²) in [6, 6.07) is 4.81. The van der Waals surface area contributed by atoms with E-state index in [1.54, 1.807) is 12.1 Å². The van der Waals surface area contributed by atoms with E-state index in [0.717, 1.165) is 37.7 Å². The molecule has 1 saturated carbocycles.